The zero-order valence-corrected chi connectivity index (χ0v) is 23.1. The summed E-state index contributed by atoms with van der Waals surface area (Å²) >= 11 is 0. The Morgan fingerprint density at radius 2 is 1.32 bits per heavy atom. The lowest BCUT2D eigenvalue weighted by atomic mass is 9.92. The minimum Gasteiger partial charge on any atom is -0.368 e. The third-order valence-corrected chi connectivity index (χ3v) is 7.17. The van der Waals surface area contributed by atoms with Gasteiger partial charge in [-0.15, -0.1) is 0 Å². The van der Waals surface area contributed by atoms with Crippen LogP contribution in [0.15, 0.2) is 60.9 Å². The summed E-state index contributed by atoms with van der Waals surface area (Å²) in [6.45, 7) is 3.82. The van der Waals surface area contributed by atoms with E-state index in [4.69, 9.17) is 10.9 Å². The van der Waals surface area contributed by atoms with Crippen LogP contribution in [-0.4, -0.2) is 50.9 Å². The first-order valence-corrected chi connectivity index (χ1v) is 13.6. The fraction of sp³-hybridized carbons (Fsp3) is 0.333. The molecule has 0 spiro atoms. The molecule has 0 fully saturated rings. The molecule has 0 aliphatic carbocycles. The number of rotatable bonds is 13. The number of hydrogen-bond donors (Lipinski definition) is 7. The molecule has 3 atom stereocenters. The lowest BCUT2D eigenvalue weighted by Gasteiger charge is -2.25. The number of para-hydroxylation sites is 2. The molecular weight excluding hydrogens is 524 g/mol. The van der Waals surface area contributed by atoms with Crippen LogP contribution in [0.25, 0.3) is 21.8 Å². The van der Waals surface area contributed by atoms with Crippen molar-refractivity contribution in [2.24, 2.45) is 17.6 Å². The molecule has 0 saturated heterocycles. The van der Waals surface area contributed by atoms with Gasteiger partial charge in [0.1, 0.15) is 12.1 Å². The lowest BCUT2D eigenvalue weighted by Crippen LogP contribution is -2.55. The van der Waals surface area contributed by atoms with Crippen molar-refractivity contribution in [3.63, 3.8) is 0 Å². The number of benzene rings is 2. The van der Waals surface area contributed by atoms with Crippen LogP contribution < -0.4 is 21.8 Å². The number of nitrogens with two attached hydrogens (primary N) is 1. The van der Waals surface area contributed by atoms with Crippen molar-refractivity contribution in [2.75, 3.05) is 0 Å². The largest absolute Gasteiger partial charge is 0.368 e. The molecule has 0 aliphatic heterocycles. The monoisotopic (exact) mass is 560 g/mol. The van der Waals surface area contributed by atoms with Crippen molar-refractivity contribution < 1.29 is 24.4 Å². The fourth-order valence-corrected chi connectivity index (χ4v) is 5.16. The molecule has 41 heavy (non-hydrogen) atoms. The summed E-state index contributed by atoms with van der Waals surface area (Å²) in [5, 5.41) is 16.4. The predicted molar refractivity (Wildman–Crippen MR) is 155 cm³/mol. The molecule has 4 rings (SSSR count). The summed E-state index contributed by atoms with van der Waals surface area (Å²) in [5.41, 5.74) is 10.7. The van der Waals surface area contributed by atoms with Gasteiger partial charge >= 0.3 is 0 Å². The quantitative estimate of drug-likeness (QED) is 0.0977. The van der Waals surface area contributed by atoms with Crippen LogP contribution >= 0.6 is 0 Å². The van der Waals surface area contributed by atoms with Crippen molar-refractivity contribution in [1.29, 1.82) is 0 Å². The molecule has 4 aromatic rings. The first-order chi connectivity index (χ1) is 19.7. The van der Waals surface area contributed by atoms with Crippen LogP contribution in [-0.2, 0) is 32.0 Å². The van der Waals surface area contributed by atoms with Crippen LogP contribution in [0.3, 0.4) is 0 Å². The van der Waals surface area contributed by atoms with Crippen LogP contribution in [0.1, 0.15) is 37.8 Å². The van der Waals surface area contributed by atoms with E-state index in [9.17, 15) is 19.2 Å². The number of carbonyl (C=O) groups is 4. The van der Waals surface area contributed by atoms with E-state index in [0.717, 1.165) is 32.9 Å². The summed E-state index contributed by atoms with van der Waals surface area (Å²) < 4.78 is 0. The molecule has 2 aromatic carbocycles. The average molecular weight is 561 g/mol. The molecule has 0 bridgehead atoms. The molecule has 2 aromatic heterocycles. The van der Waals surface area contributed by atoms with Crippen LogP contribution in [0, 0.1) is 11.8 Å². The number of aromatic nitrogens is 2. The van der Waals surface area contributed by atoms with E-state index < -0.39 is 41.6 Å². The molecular formula is C30H36N6O5. The normalized spacial score (nSPS) is 13.6. The van der Waals surface area contributed by atoms with E-state index in [1.807, 2.05) is 62.4 Å². The summed E-state index contributed by atoms with van der Waals surface area (Å²) in [6, 6.07) is 13.1. The number of nitrogens with one attached hydrogen (secondary N) is 5. The topological polar surface area (TPSA) is 182 Å². The van der Waals surface area contributed by atoms with Crippen molar-refractivity contribution in [2.45, 2.75) is 51.6 Å². The molecule has 2 heterocycles. The van der Waals surface area contributed by atoms with Gasteiger partial charge in [0.2, 0.25) is 23.6 Å². The van der Waals surface area contributed by atoms with E-state index in [1.54, 1.807) is 17.9 Å². The summed E-state index contributed by atoms with van der Waals surface area (Å²) in [5.74, 6) is -3.20. The Kier molecular flexibility index (Phi) is 9.41. The molecule has 216 valence electrons. The third kappa shape index (κ3) is 7.31. The van der Waals surface area contributed by atoms with E-state index in [2.05, 4.69) is 20.6 Å². The first kappa shape index (κ1) is 29.3. The number of hydrogen-bond acceptors (Lipinski definition) is 5. The summed E-state index contributed by atoms with van der Waals surface area (Å²) in [7, 11) is 0. The molecule has 4 amide bonds. The molecule has 11 nitrogen and oxygen atoms in total. The molecule has 1 unspecified atom stereocenters. The Bertz CT molecular complexity index is 1540. The summed E-state index contributed by atoms with van der Waals surface area (Å²) in [4.78, 5) is 57.8. The number of carbonyl (C=O) groups excluding carboxylic acids is 4. The van der Waals surface area contributed by atoms with E-state index >= 15 is 0 Å². The fourth-order valence-electron chi connectivity index (χ4n) is 5.16. The first-order valence-electron chi connectivity index (χ1n) is 13.6. The standard InChI is InChI=1S/C30H36N6O5/c1-17(2)11-18(14-27(37)36-41)29(39)35-26(13-20-16-33-24-10-6-4-8-22(20)24)30(40)34-25(28(31)38)12-19-15-32-23-9-5-3-7-21(19)23/h3-10,15-18,25-26,32-33,41H,11-14H2,1-2H3,(H2,31,38)(H,34,40)(H,35,39)(H,36,37)/t18?,25-,26-/m0/s1. The van der Waals surface area contributed by atoms with Gasteiger partial charge in [0.05, 0.1) is 0 Å². The molecule has 0 radical (unpaired) electrons. The van der Waals surface area contributed by atoms with Gasteiger partial charge in [-0.1, -0.05) is 50.2 Å². The second-order valence-electron chi connectivity index (χ2n) is 10.7. The zero-order chi connectivity index (χ0) is 29.5. The molecule has 11 heteroatoms. The van der Waals surface area contributed by atoms with Crippen molar-refractivity contribution in [3.8, 4) is 0 Å². The van der Waals surface area contributed by atoms with Crippen LogP contribution in [0.5, 0.6) is 0 Å². The van der Waals surface area contributed by atoms with Gasteiger partial charge in [-0.25, -0.2) is 5.48 Å². The maximum atomic E-state index is 13.7. The number of primary amides is 1. The van der Waals surface area contributed by atoms with Gasteiger partial charge < -0.3 is 26.3 Å². The third-order valence-electron chi connectivity index (χ3n) is 7.17. The smallest absolute Gasteiger partial charge is 0.244 e. The highest BCUT2D eigenvalue weighted by atomic mass is 16.5. The number of amides is 4. The molecule has 0 saturated carbocycles. The van der Waals surface area contributed by atoms with Crippen LogP contribution in [0.2, 0.25) is 0 Å². The highest BCUT2D eigenvalue weighted by molar-refractivity contribution is 5.94. The highest BCUT2D eigenvalue weighted by Crippen LogP contribution is 2.22. The van der Waals surface area contributed by atoms with Crippen LogP contribution in [0.4, 0.5) is 0 Å². The van der Waals surface area contributed by atoms with Gasteiger partial charge in [0, 0.05) is 59.4 Å². The Hall–Kier alpha value is -4.64. The van der Waals surface area contributed by atoms with Gasteiger partial charge in [-0.3, -0.25) is 24.4 Å². The van der Waals surface area contributed by atoms with Gasteiger partial charge in [-0.05, 0) is 35.6 Å². The number of fused-ring (bicyclic) bond motifs is 2. The van der Waals surface area contributed by atoms with Crippen molar-refractivity contribution in [3.05, 3.63) is 72.1 Å². The average Bonchev–Trinajstić information content (AvgIpc) is 3.55. The minimum absolute atomic E-state index is 0.0774. The number of aromatic amines is 2. The Morgan fingerprint density at radius 1 is 0.805 bits per heavy atom. The zero-order valence-electron chi connectivity index (χ0n) is 23.1. The van der Waals surface area contributed by atoms with E-state index in [1.165, 1.54) is 0 Å². The van der Waals surface area contributed by atoms with Gasteiger partial charge in [0.25, 0.3) is 0 Å². The highest BCUT2D eigenvalue weighted by Gasteiger charge is 2.31. The van der Waals surface area contributed by atoms with Crippen molar-refractivity contribution in [1.82, 2.24) is 26.1 Å². The SMILES string of the molecule is CC(C)CC(CC(=O)NO)C(=O)N[C@@H](Cc1c[nH]c2ccccc12)C(=O)N[C@@H](Cc1c[nH]c2ccccc12)C(N)=O. The maximum absolute atomic E-state index is 13.7. The minimum atomic E-state index is -1.07. The lowest BCUT2D eigenvalue weighted by molar-refractivity contribution is -0.137. The molecule has 8 N–H and O–H groups in total. The Morgan fingerprint density at radius 3 is 1.83 bits per heavy atom. The number of H-pyrrole nitrogens is 2. The molecule has 0 aliphatic rings. The Labute approximate surface area is 237 Å². The second-order valence-corrected chi connectivity index (χ2v) is 10.7. The number of hydroxylamine groups is 1. The Balaban J connectivity index is 1.59. The van der Waals surface area contributed by atoms with Gasteiger partial charge in [-0.2, -0.15) is 0 Å². The summed E-state index contributed by atoms with van der Waals surface area (Å²) in [6.07, 6.45) is 3.96. The van der Waals surface area contributed by atoms with Crippen molar-refractivity contribution >= 4 is 45.4 Å². The maximum Gasteiger partial charge on any atom is 0.244 e. The predicted octanol–water partition coefficient (Wildman–Crippen LogP) is 2.45. The van der Waals surface area contributed by atoms with E-state index in [-0.39, 0.29) is 25.2 Å². The second kappa shape index (κ2) is 13.1. The van der Waals surface area contributed by atoms with E-state index in [0.29, 0.717) is 6.42 Å². The van der Waals surface area contributed by atoms with Gasteiger partial charge in [0.15, 0.2) is 0 Å².